The molecule has 1 spiro atoms. The molecule has 0 N–H and O–H groups in total. The second-order valence-corrected chi connectivity index (χ2v) is 10.7. The molecule has 0 aromatic carbocycles. The van der Waals surface area contributed by atoms with Crippen LogP contribution in [0, 0.1) is 34.5 Å². The first-order valence-electron chi connectivity index (χ1n) is 11.2. The molecule has 4 aliphatic carbocycles. The van der Waals surface area contributed by atoms with Crippen molar-refractivity contribution in [1.29, 1.82) is 0 Å². The van der Waals surface area contributed by atoms with Crippen LogP contribution in [0.5, 0.6) is 0 Å². The largest absolute Gasteiger partial charge is 0.456 e. The molecule has 6 heteroatoms. The van der Waals surface area contributed by atoms with Crippen molar-refractivity contribution in [3.05, 3.63) is 0 Å². The van der Waals surface area contributed by atoms with Crippen molar-refractivity contribution in [2.45, 2.75) is 84.0 Å². The molecule has 1 aliphatic heterocycles. The van der Waals surface area contributed by atoms with Crippen LogP contribution in [0.4, 0.5) is 0 Å². The minimum atomic E-state index is -1.15. The number of esters is 2. The number of fused-ring (bicyclic) bond motifs is 4. The lowest BCUT2D eigenvalue weighted by Gasteiger charge is -2.59. The average Bonchev–Trinajstić information content (AvgIpc) is 3.10. The summed E-state index contributed by atoms with van der Waals surface area (Å²) >= 11 is 0. The van der Waals surface area contributed by atoms with E-state index >= 15 is 0 Å². The van der Waals surface area contributed by atoms with Crippen molar-refractivity contribution < 1.29 is 28.6 Å². The van der Waals surface area contributed by atoms with Crippen molar-refractivity contribution in [3.8, 4) is 0 Å². The number of Topliss-reactive ketones (excluding diaryl/α,β-unsaturated/α-hetero) is 1. The first-order valence-corrected chi connectivity index (χ1v) is 11.2. The van der Waals surface area contributed by atoms with E-state index in [1.165, 1.54) is 13.8 Å². The van der Waals surface area contributed by atoms with Crippen molar-refractivity contribution in [2.24, 2.45) is 34.5 Å². The second kappa shape index (κ2) is 6.29. The Hall–Kier alpha value is -1.43. The highest BCUT2D eigenvalue weighted by Crippen LogP contribution is 2.69. The summed E-state index contributed by atoms with van der Waals surface area (Å²) in [6, 6.07) is 0. The Morgan fingerprint density at radius 2 is 1.90 bits per heavy atom. The standard InChI is InChI=1S/C23H32O6/c1-13(24)28-20-8-15-4-5-17-18(6-7-21(3)10-16(26)9-19(17)21)22(15)11-23(20,27-12-22)29-14(2)25/h15,17-20H,4-12H2,1-3H3/t15-,17+,18-,19+,20+,21+,22-,23-/m1/s1. The number of carbonyl (C=O) groups is 3. The lowest BCUT2D eigenvalue weighted by molar-refractivity contribution is -0.264. The van der Waals surface area contributed by atoms with Gasteiger partial charge in [0.05, 0.1) is 6.61 Å². The number of hydrogen-bond donors (Lipinski definition) is 0. The van der Waals surface area contributed by atoms with Crippen LogP contribution in [-0.4, -0.2) is 36.2 Å². The zero-order valence-corrected chi connectivity index (χ0v) is 17.7. The Morgan fingerprint density at radius 3 is 2.62 bits per heavy atom. The number of hydrogen-bond acceptors (Lipinski definition) is 6. The summed E-state index contributed by atoms with van der Waals surface area (Å²) in [6.07, 6.45) is 6.63. The minimum absolute atomic E-state index is 0.0397. The maximum atomic E-state index is 12.3. The van der Waals surface area contributed by atoms with Crippen molar-refractivity contribution >= 4 is 17.7 Å². The fraction of sp³-hybridized carbons (Fsp3) is 0.870. The van der Waals surface area contributed by atoms with Gasteiger partial charge >= 0.3 is 11.9 Å². The summed E-state index contributed by atoms with van der Waals surface area (Å²) in [7, 11) is 0. The summed E-state index contributed by atoms with van der Waals surface area (Å²) in [4.78, 5) is 36.0. The molecule has 160 valence electrons. The lowest BCUT2D eigenvalue weighted by Crippen LogP contribution is -2.59. The van der Waals surface area contributed by atoms with Crippen molar-refractivity contribution in [3.63, 3.8) is 0 Å². The van der Waals surface area contributed by atoms with Gasteiger partial charge in [0.1, 0.15) is 5.78 Å². The Bertz CT molecular complexity index is 762. The Labute approximate surface area is 172 Å². The van der Waals surface area contributed by atoms with Gasteiger partial charge in [-0.25, -0.2) is 0 Å². The fourth-order valence-corrected chi connectivity index (χ4v) is 8.19. The van der Waals surface area contributed by atoms with Gasteiger partial charge in [-0.3, -0.25) is 14.4 Å². The van der Waals surface area contributed by atoms with Gasteiger partial charge in [-0.15, -0.1) is 0 Å². The normalized spacial score (nSPS) is 50.3. The Balaban J connectivity index is 1.48. The Morgan fingerprint density at radius 1 is 1.10 bits per heavy atom. The highest BCUT2D eigenvalue weighted by Gasteiger charge is 2.70. The maximum Gasteiger partial charge on any atom is 0.305 e. The van der Waals surface area contributed by atoms with Crippen molar-refractivity contribution in [2.75, 3.05) is 6.61 Å². The molecule has 1 heterocycles. The van der Waals surface area contributed by atoms with E-state index in [4.69, 9.17) is 14.2 Å². The van der Waals surface area contributed by atoms with E-state index in [2.05, 4.69) is 6.92 Å². The van der Waals surface area contributed by atoms with Crippen LogP contribution in [0.3, 0.4) is 0 Å². The molecule has 6 nitrogen and oxygen atoms in total. The number of carbonyl (C=O) groups excluding carboxylic acids is 3. The van der Waals surface area contributed by atoms with Crippen LogP contribution < -0.4 is 0 Å². The van der Waals surface area contributed by atoms with Crippen LogP contribution in [0.1, 0.15) is 72.1 Å². The highest BCUT2D eigenvalue weighted by molar-refractivity contribution is 5.82. The third-order valence-corrected chi connectivity index (χ3v) is 9.18. The molecule has 5 aliphatic rings. The van der Waals surface area contributed by atoms with Crippen LogP contribution in [0.25, 0.3) is 0 Å². The van der Waals surface area contributed by atoms with Gasteiger partial charge < -0.3 is 14.2 Å². The molecule has 0 unspecified atom stereocenters. The summed E-state index contributed by atoms with van der Waals surface area (Å²) in [5.41, 5.74) is 0.116. The van der Waals surface area contributed by atoms with E-state index in [-0.39, 0.29) is 16.8 Å². The quantitative estimate of drug-likeness (QED) is 0.656. The molecule has 2 bridgehead atoms. The van der Waals surface area contributed by atoms with Crippen molar-refractivity contribution in [1.82, 2.24) is 0 Å². The highest BCUT2D eigenvalue weighted by atomic mass is 16.7. The van der Waals surface area contributed by atoms with Crippen LogP contribution in [0.2, 0.25) is 0 Å². The van der Waals surface area contributed by atoms with Gasteiger partial charge in [0.15, 0.2) is 6.10 Å². The SMILES string of the molecule is CC(=O)O[C@H]1C[C@H]2CC[C@H]3[C@@H](CC[C@@]4(C)CC(=O)C[C@@H]34)[C@]23CO[C@@]1(OC(C)=O)C3. The summed E-state index contributed by atoms with van der Waals surface area (Å²) < 4.78 is 17.6. The van der Waals surface area contributed by atoms with Crippen LogP contribution >= 0.6 is 0 Å². The third kappa shape index (κ3) is 2.74. The smallest absolute Gasteiger partial charge is 0.305 e. The van der Waals surface area contributed by atoms with Gasteiger partial charge in [0, 0.05) is 38.5 Å². The second-order valence-electron chi connectivity index (χ2n) is 10.7. The molecular formula is C23H32O6. The molecule has 0 amide bonds. The van der Waals surface area contributed by atoms with E-state index in [1.807, 2.05) is 0 Å². The van der Waals surface area contributed by atoms with Gasteiger partial charge in [-0.2, -0.15) is 0 Å². The maximum absolute atomic E-state index is 12.3. The molecule has 0 radical (unpaired) electrons. The van der Waals surface area contributed by atoms with Gasteiger partial charge in [0.25, 0.3) is 5.79 Å². The minimum Gasteiger partial charge on any atom is -0.456 e. The molecule has 29 heavy (non-hydrogen) atoms. The topological polar surface area (TPSA) is 78.9 Å². The molecule has 5 fully saturated rings. The molecule has 0 aromatic heterocycles. The van der Waals surface area contributed by atoms with E-state index in [1.54, 1.807) is 0 Å². The molecule has 4 saturated carbocycles. The van der Waals surface area contributed by atoms with Gasteiger partial charge in [-0.05, 0) is 61.2 Å². The summed E-state index contributed by atoms with van der Waals surface area (Å²) in [5, 5.41) is 0. The van der Waals surface area contributed by atoms with E-state index in [0.29, 0.717) is 48.9 Å². The van der Waals surface area contributed by atoms with E-state index in [0.717, 1.165) is 38.5 Å². The van der Waals surface area contributed by atoms with Gasteiger partial charge in [-0.1, -0.05) is 6.92 Å². The molecule has 0 aromatic rings. The zero-order chi connectivity index (χ0) is 20.6. The predicted octanol–water partition coefficient (Wildman–Crippen LogP) is 3.41. The summed E-state index contributed by atoms with van der Waals surface area (Å²) in [5.74, 6) is 0.411. The van der Waals surface area contributed by atoms with E-state index < -0.39 is 17.9 Å². The molecule has 5 rings (SSSR count). The summed E-state index contributed by atoms with van der Waals surface area (Å²) in [6.45, 7) is 5.66. The number of ether oxygens (including phenoxy) is 3. The van der Waals surface area contributed by atoms with Crippen LogP contribution in [0.15, 0.2) is 0 Å². The van der Waals surface area contributed by atoms with Gasteiger partial charge in [0.2, 0.25) is 0 Å². The Kier molecular flexibility index (Phi) is 4.23. The molecule has 8 atom stereocenters. The van der Waals surface area contributed by atoms with Crippen LogP contribution in [-0.2, 0) is 28.6 Å². The zero-order valence-electron chi connectivity index (χ0n) is 17.7. The first kappa shape index (κ1) is 19.5. The first-order chi connectivity index (χ1) is 13.7. The third-order valence-electron chi connectivity index (χ3n) is 9.18. The van der Waals surface area contributed by atoms with E-state index in [9.17, 15) is 14.4 Å². The number of ketones is 1. The predicted molar refractivity (Wildman–Crippen MR) is 102 cm³/mol. The fourth-order valence-electron chi connectivity index (χ4n) is 8.19. The molecule has 1 saturated heterocycles. The monoisotopic (exact) mass is 404 g/mol. The lowest BCUT2D eigenvalue weighted by atomic mass is 9.45. The number of rotatable bonds is 2. The molecular weight excluding hydrogens is 372 g/mol. The average molecular weight is 405 g/mol.